The molecule has 1 aliphatic rings. The number of nitrogens with one attached hydrogen (secondary N) is 2. The maximum atomic E-state index is 11.4. The Bertz CT molecular complexity index is 643. The highest BCUT2D eigenvalue weighted by atomic mass is 16.1. The van der Waals surface area contributed by atoms with Crippen molar-refractivity contribution in [3.05, 3.63) is 57.5 Å². The van der Waals surface area contributed by atoms with Crippen LogP contribution in [0.3, 0.4) is 0 Å². The molecule has 0 saturated carbocycles. The molecular weight excluding hydrogens is 224 g/mol. The van der Waals surface area contributed by atoms with Crippen LogP contribution in [0.4, 0.5) is 0 Å². The zero-order valence-electron chi connectivity index (χ0n) is 10.4. The minimum Gasteiger partial charge on any atom is -0.329 e. The van der Waals surface area contributed by atoms with Crippen molar-refractivity contribution in [2.24, 2.45) is 0 Å². The molecule has 0 amide bonds. The van der Waals surface area contributed by atoms with E-state index in [1.807, 2.05) is 6.07 Å². The molecule has 1 aromatic carbocycles. The second-order valence-electron chi connectivity index (χ2n) is 4.80. The summed E-state index contributed by atoms with van der Waals surface area (Å²) in [5, 5.41) is 3.38. The van der Waals surface area contributed by atoms with Crippen molar-refractivity contribution in [2.75, 3.05) is 6.54 Å². The highest BCUT2D eigenvalue weighted by molar-refractivity contribution is 5.68. The predicted octanol–water partition coefficient (Wildman–Crippen LogP) is 2.00. The summed E-state index contributed by atoms with van der Waals surface area (Å²) >= 11 is 0. The minimum atomic E-state index is -0.0530. The van der Waals surface area contributed by atoms with E-state index >= 15 is 0 Å². The van der Waals surface area contributed by atoms with Crippen molar-refractivity contribution in [3.8, 4) is 11.1 Å². The first-order chi connectivity index (χ1) is 8.74. The zero-order valence-corrected chi connectivity index (χ0v) is 10.4. The van der Waals surface area contributed by atoms with E-state index < -0.39 is 0 Å². The van der Waals surface area contributed by atoms with Gasteiger partial charge in [-0.1, -0.05) is 6.07 Å². The molecule has 0 radical (unpaired) electrons. The molecule has 0 bridgehead atoms. The number of rotatable bonds is 1. The fraction of sp³-hybridized carbons (Fsp3) is 0.267. The average molecular weight is 240 g/mol. The van der Waals surface area contributed by atoms with Crippen molar-refractivity contribution < 1.29 is 0 Å². The molecule has 18 heavy (non-hydrogen) atoms. The third kappa shape index (κ3) is 1.97. The molecule has 0 unspecified atom stereocenters. The Morgan fingerprint density at radius 1 is 1.17 bits per heavy atom. The number of aromatic amines is 1. The first-order valence-corrected chi connectivity index (χ1v) is 6.26. The number of pyridine rings is 1. The number of benzene rings is 1. The van der Waals surface area contributed by atoms with Gasteiger partial charge in [0.2, 0.25) is 5.56 Å². The van der Waals surface area contributed by atoms with Crippen molar-refractivity contribution >= 4 is 0 Å². The number of fused-ring (bicyclic) bond motifs is 1. The van der Waals surface area contributed by atoms with Gasteiger partial charge in [-0.05, 0) is 59.8 Å². The van der Waals surface area contributed by atoms with E-state index in [1.165, 1.54) is 16.7 Å². The summed E-state index contributed by atoms with van der Waals surface area (Å²) in [5.41, 5.74) is 6.11. The molecule has 3 heteroatoms. The lowest BCUT2D eigenvalue weighted by atomic mass is 9.92. The summed E-state index contributed by atoms with van der Waals surface area (Å²) in [7, 11) is 0. The van der Waals surface area contributed by atoms with Crippen LogP contribution < -0.4 is 10.9 Å². The lowest BCUT2D eigenvalue weighted by molar-refractivity contribution is 0.643. The molecule has 0 atom stereocenters. The molecule has 1 aromatic heterocycles. The first-order valence-electron chi connectivity index (χ1n) is 6.26. The zero-order chi connectivity index (χ0) is 12.5. The highest BCUT2D eigenvalue weighted by Crippen LogP contribution is 2.27. The van der Waals surface area contributed by atoms with Gasteiger partial charge in [0.1, 0.15) is 0 Å². The van der Waals surface area contributed by atoms with E-state index in [1.54, 1.807) is 12.3 Å². The van der Waals surface area contributed by atoms with Gasteiger partial charge in [0.05, 0.1) is 0 Å². The van der Waals surface area contributed by atoms with Gasteiger partial charge in [-0.15, -0.1) is 0 Å². The molecular formula is C15H16N2O. The summed E-state index contributed by atoms with van der Waals surface area (Å²) in [6, 6.07) is 8.08. The van der Waals surface area contributed by atoms with Gasteiger partial charge >= 0.3 is 0 Å². The second kappa shape index (κ2) is 4.42. The van der Waals surface area contributed by atoms with Crippen molar-refractivity contribution in [1.29, 1.82) is 0 Å². The number of hydrogen-bond acceptors (Lipinski definition) is 2. The van der Waals surface area contributed by atoms with Crippen LogP contribution >= 0.6 is 0 Å². The summed E-state index contributed by atoms with van der Waals surface area (Å²) in [6.07, 6.45) is 2.79. The fourth-order valence-electron chi connectivity index (χ4n) is 2.58. The monoisotopic (exact) mass is 240 g/mol. The van der Waals surface area contributed by atoms with Crippen LogP contribution in [0.25, 0.3) is 11.1 Å². The normalized spacial score (nSPS) is 14.3. The third-order valence-corrected chi connectivity index (χ3v) is 3.52. The average Bonchev–Trinajstić information content (AvgIpc) is 2.38. The van der Waals surface area contributed by atoms with Crippen molar-refractivity contribution in [2.45, 2.75) is 19.9 Å². The van der Waals surface area contributed by atoms with Crippen LogP contribution in [0.15, 0.2) is 35.3 Å². The summed E-state index contributed by atoms with van der Waals surface area (Å²) in [6.45, 7) is 4.08. The van der Waals surface area contributed by atoms with Crippen LogP contribution in [0.1, 0.15) is 16.7 Å². The van der Waals surface area contributed by atoms with Crippen LogP contribution in [0, 0.1) is 6.92 Å². The van der Waals surface area contributed by atoms with E-state index in [0.29, 0.717) is 0 Å². The molecule has 2 aromatic rings. The topological polar surface area (TPSA) is 44.9 Å². The minimum absolute atomic E-state index is 0.0530. The van der Waals surface area contributed by atoms with Gasteiger partial charge in [-0.25, -0.2) is 0 Å². The van der Waals surface area contributed by atoms with Gasteiger partial charge in [0.15, 0.2) is 0 Å². The summed E-state index contributed by atoms with van der Waals surface area (Å²) in [4.78, 5) is 14.1. The third-order valence-electron chi connectivity index (χ3n) is 3.52. The SMILES string of the molecule is Cc1cc2c(cc1-c1cc[nH]c(=O)c1)CNCC2. The second-order valence-corrected chi connectivity index (χ2v) is 4.80. The Hall–Kier alpha value is -1.87. The van der Waals surface area contributed by atoms with Crippen LogP contribution in [-0.4, -0.2) is 11.5 Å². The molecule has 0 saturated heterocycles. The van der Waals surface area contributed by atoms with Crippen molar-refractivity contribution in [3.63, 3.8) is 0 Å². The highest BCUT2D eigenvalue weighted by Gasteiger charge is 2.12. The number of aryl methyl sites for hydroxylation is 1. The molecule has 0 fully saturated rings. The smallest absolute Gasteiger partial charge is 0.248 e. The Kier molecular flexibility index (Phi) is 2.76. The molecule has 2 heterocycles. The van der Waals surface area contributed by atoms with Gasteiger partial charge in [-0.3, -0.25) is 4.79 Å². The number of aromatic nitrogens is 1. The van der Waals surface area contributed by atoms with E-state index in [-0.39, 0.29) is 5.56 Å². The maximum absolute atomic E-state index is 11.4. The fourth-order valence-corrected chi connectivity index (χ4v) is 2.58. The standard InChI is InChI=1S/C15H16N2O/c1-10-6-11-2-4-16-9-13(11)7-14(10)12-3-5-17-15(18)8-12/h3,5-8,16H,2,4,9H2,1H3,(H,17,18). The maximum Gasteiger partial charge on any atom is 0.248 e. The summed E-state index contributed by atoms with van der Waals surface area (Å²) in [5.74, 6) is 0. The molecule has 1 aliphatic heterocycles. The lowest BCUT2D eigenvalue weighted by Gasteiger charge is -2.19. The molecule has 0 aliphatic carbocycles. The largest absolute Gasteiger partial charge is 0.329 e. The first kappa shape index (κ1) is 11.2. The molecule has 2 N–H and O–H groups in total. The van der Waals surface area contributed by atoms with E-state index in [4.69, 9.17) is 0 Å². The van der Waals surface area contributed by atoms with Gasteiger partial charge in [0.25, 0.3) is 0 Å². The lowest BCUT2D eigenvalue weighted by Crippen LogP contribution is -2.23. The van der Waals surface area contributed by atoms with Gasteiger partial charge in [-0.2, -0.15) is 0 Å². The molecule has 3 nitrogen and oxygen atoms in total. The summed E-state index contributed by atoms with van der Waals surface area (Å²) < 4.78 is 0. The number of H-pyrrole nitrogens is 1. The Morgan fingerprint density at radius 2 is 2.06 bits per heavy atom. The molecule has 92 valence electrons. The van der Waals surface area contributed by atoms with E-state index in [0.717, 1.165) is 30.6 Å². The Morgan fingerprint density at radius 3 is 2.89 bits per heavy atom. The van der Waals surface area contributed by atoms with Crippen LogP contribution in [0.5, 0.6) is 0 Å². The van der Waals surface area contributed by atoms with Gasteiger partial charge < -0.3 is 10.3 Å². The van der Waals surface area contributed by atoms with Crippen LogP contribution in [0.2, 0.25) is 0 Å². The molecule has 3 rings (SSSR count). The number of hydrogen-bond donors (Lipinski definition) is 2. The predicted molar refractivity (Wildman–Crippen MR) is 72.6 cm³/mol. The van der Waals surface area contributed by atoms with E-state index in [2.05, 4.69) is 29.4 Å². The molecule has 0 spiro atoms. The Balaban J connectivity index is 2.15. The van der Waals surface area contributed by atoms with Crippen LogP contribution in [-0.2, 0) is 13.0 Å². The quantitative estimate of drug-likeness (QED) is 0.800. The van der Waals surface area contributed by atoms with Crippen molar-refractivity contribution in [1.82, 2.24) is 10.3 Å². The van der Waals surface area contributed by atoms with E-state index in [9.17, 15) is 4.79 Å². The van der Waals surface area contributed by atoms with Gasteiger partial charge in [0, 0.05) is 18.8 Å². The Labute approximate surface area is 106 Å².